The molecule has 2 saturated carbocycles. The van der Waals surface area contributed by atoms with E-state index in [0.29, 0.717) is 23.0 Å². The Bertz CT molecular complexity index is 1130. The third-order valence-electron chi connectivity index (χ3n) is 8.18. The van der Waals surface area contributed by atoms with Gasteiger partial charge < -0.3 is 10.2 Å². The van der Waals surface area contributed by atoms with Crippen molar-refractivity contribution in [1.82, 2.24) is 0 Å². The summed E-state index contributed by atoms with van der Waals surface area (Å²) in [6.45, 7) is 11.7. The van der Waals surface area contributed by atoms with E-state index in [0.717, 1.165) is 42.4 Å². The standard InChI is InChI=1S/C32H42O4/c1-31(2,3)23-15-21(17-25(33)29(23)35)28(22-16-24(32(4,5)6)30(36)26(34)18-22)27-19-11-7-8-12-20(27)14-10-9-13-19/h15-20,33,35H,7-14H2,1-6H3/p-2. The quantitative estimate of drug-likeness (QED) is 0.361. The molecule has 1 aromatic carbocycles. The first-order chi connectivity index (χ1) is 16.8. The van der Waals surface area contributed by atoms with Crippen molar-refractivity contribution in [3.05, 3.63) is 52.1 Å². The molecular weight excluding hydrogens is 448 g/mol. The van der Waals surface area contributed by atoms with E-state index in [4.69, 9.17) is 0 Å². The summed E-state index contributed by atoms with van der Waals surface area (Å²) in [7, 11) is 0. The number of hydrogen-bond donors (Lipinski definition) is 0. The maximum absolute atomic E-state index is 13.0. The van der Waals surface area contributed by atoms with Crippen LogP contribution in [0.5, 0.6) is 11.5 Å². The molecule has 0 amide bonds. The summed E-state index contributed by atoms with van der Waals surface area (Å²) >= 11 is 0. The lowest BCUT2D eigenvalue weighted by Crippen LogP contribution is -2.27. The molecule has 1 aromatic rings. The van der Waals surface area contributed by atoms with E-state index in [1.165, 1.54) is 43.4 Å². The third-order valence-corrected chi connectivity index (χ3v) is 8.18. The second-order valence-corrected chi connectivity index (χ2v) is 13.0. The number of rotatable bonds is 2. The highest BCUT2D eigenvalue weighted by atomic mass is 16.3. The van der Waals surface area contributed by atoms with Crippen molar-refractivity contribution in [2.75, 3.05) is 0 Å². The van der Waals surface area contributed by atoms with Crippen LogP contribution in [0.15, 0.2) is 41.0 Å². The summed E-state index contributed by atoms with van der Waals surface area (Å²) in [5.74, 6) is -1.16. The van der Waals surface area contributed by atoms with Crippen LogP contribution in [0.2, 0.25) is 0 Å². The molecular formula is C32H40O4-2. The summed E-state index contributed by atoms with van der Waals surface area (Å²) in [6, 6.07) is 3.36. The average Bonchev–Trinajstić information content (AvgIpc) is 3.09. The number of allylic oxidation sites excluding steroid dienone is 6. The maximum atomic E-state index is 13.0. The number of ketones is 2. The lowest BCUT2D eigenvalue weighted by molar-refractivity contribution is -0.318. The van der Waals surface area contributed by atoms with E-state index in [9.17, 15) is 19.8 Å². The molecule has 0 aliphatic heterocycles. The predicted molar refractivity (Wildman–Crippen MR) is 141 cm³/mol. The fourth-order valence-electron chi connectivity index (χ4n) is 6.32. The Morgan fingerprint density at radius 1 is 0.778 bits per heavy atom. The number of fused-ring (bicyclic) bond motifs is 2. The molecule has 4 nitrogen and oxygen atoms in total. The van der Waals surface area contributed by atoms with Crippen LogP contribution in [-0.2, 0) is 15.0 Å². The summed E-state index contributed by atoms with van der Waals surface area (Å²) in [5.41, 5.74) is 3.71. The Hall–Kier alpha value is -2.62. The van der Waals surface area contributed by atoms with Gasteiger partial charge in [-0.3, -0.25) is 9.59 Å². The van der Waals surface area contributed by atoms with E-state index >= 15 is 0 Å². The van der Waals surface area contributed by atoms with Crippen molar-refractivity contribution in [1.29, 1.82) is 0 Å². The molecule has 194 valence electrons. The van der Waals surface area contributed by atoms with Gasteiger partial charge in [0, 0.05) is 5.57 Å². The smallest absolute Gasteiger partial charge is 0.229 e. The van der Waals surface area contributed by atoms with Crippen LogP contribution >= 0.6 is 0 Å². The van der Waals surface area contributed by atoms with E-state index in [1.54, 1.807) is 0 Å². The van der Waals surface area contributed by atoms with Gasteiger partial charge in [-0.15, -0.1) is 11.5 Å². The van der Waals surface area contributed by atoms with Gasteiger partial charge in [-0.1, -0.05) is 90.5 Å². The third kappa shape index (κ3) is 5.10. The first kappa shape index (κ1) is 26.4. The Balaban J connectivity index is 2.08. The van der Waals surface area contributed by atoms with E-state index < -0.39 is 33.9 Å². The minimum atomic E-state index is -0.508. The van der Waals surface area contributed by atoms with Crippen LogP contribution in [0, 0.1) is 17.3 Å². The number of carbonyl (C=O) groups is 2. The summed E-state index contributed by atoms with van der Waals surface area (Å²) in [6.07, 6.45) is 12.5. The van der Waals surface area contributed by atoms with Crippen LogP contribution in [0.1, 0.15) is 104 Å². The number of Topliss-reactive ketones (excluding diaryl/α,β-unsaturated/α-hetero) is 1. The van der Waals surface area contributed by atoms with Gasteiger partial charge in [-0.2, -0.15) is 0 Å². The van der Waals surface area contributed by atoms with Crippen LogP contribution < -0.4 is 10.2 Å². The fourth-order valence-corrected chi connectivity index (χ4v) is 6.32. The Morgan fingerprint density at radius 2 is 1.31 bits per heavy atom. The molecule has 0 atom stereocenters. The molecule has 4 heteroatoms. The van der Waals surface area contributed by atoms with Gasteiger partial charge in [0.15, 0.2) is 0 Å². The topological polar surface area (TPSA) is 80.3 Å². The second kappa shape index (κ2) is 9.68. The van der Waals surface area contributed by atoms with Gasteiger partial charge >= 0.3 is 0 Å². The van der Waals surface area contributed by atoms with Crippen LogP contribution in [0.25, 0.3) is 5.57 Å². The van der Waals surface area contributed by atoms with Crippen molar-refractivity contribution in [3.8, 4) is 11.5 Å². The van der Waals surface area contributed by atoms with E-state index in [-0.39, 0.29) is 0 Å². The summed E-state index contributed by atoms with van der Waals surface area (Å²) in [5, 5.41) is 25.9. The minimum absolute atomic E-state index is 0.384. The number of benzene rings is 1. The van der Waals surface area contributed by atoms with Crippen molar-refractivity contribution in [2.45, 2.75) is 98.3 Å². The molecule has 4 rings (SSSR count). The molecule has 2 fully saturated rings. The van der Waals surface area contributed by atoms with Crippen molar-refractivity contribution in [2.24, 2.45) is 17.3 Å². The predicted octanol–water partition coefficient (Wildman–Crippen LogP) is 6.32. The van der Waals surface area contributed by atoms with Gasteiger partial charge in [0.05, 0.1) is 0 Å². The molecule has 0 saturated heterocycles. The monoisotopic (exact) mass is 488 g/mol. The molecule has 0 spiro atoms. The zero-order valence-electron chi connectivity index (χ0n) is 22.8. The molecule has 36 heavy (non-hydrogen) atoms. The van der Waals surface area contributed by atoms with Crippen LogP contribution in [-0.4, -0.2) is 11.6 Å². The first-order valence-corrected chi connectivity index (χ1v) is 13.6. The molecule has 2 bridgehead atoms. The lowest BCUT2D eigenvalue weighted by Gasteiger charge is -2.34. The highest BCUT2D eigenvalue weighted by molar-refractivity contribution is 6.49. The molecule has 0 heterocycles. The van der Waals surface area contributed by atoms with Crippen molar-refractivity contribution < 1.29 is 19.8 Å². The van der Waals surface area contributed by atoms with Gasteiger partial charge in [0.2, 0.25) is 11.6 Å². The van der Waals surface area contributed by atoms with E-state index in [1.807, 2.05) is 53.7 Å². The minimum Gasteiger partial charge on any atom is -0.873 e. The molecule has 3 aliphatic carbocycles. The van der Waals surface area contributed by atoms with Crippen LogP contribution in [0.4, 0.5) is 0 Å². The summed E-state index contributed by atoms with van der Waals surface area (Å²) in [4.78, 5) is 25.9. The Morgan fingerprint density at radius 3 is 1.78 bits per heavy atom. The van der Waals surface area contributed by atoms with E-state index in [2.05, 4.69) is 0 Å². The molecule has 0 N–H and O–H groups in total. The van der Waals surface area contributed by atoms with Gasteiger partial charge in [-0.05, 0) is 77.2 Å². The highest BCUT2D eigenvalue weighted by Gasteiger charge is 2.36. The first-order valence-electron chi connectivity index (χ1n) is 13.6. The molecule has 0 aromatic heterocycles. The second-order valence-electron chi connectivity index (χ2n) is 13.0. The Kier molecular flexibility index (Phi) is 7.11. The van der Waals surface area contributed by atoms with Gasteiger partial charge in [0.25, 0.3) is 0 Å². The SMILES string of the molecule is CC(C)(C)C1=CC(C(=C2C3CCCCC2CCCC3)c2cc([O-])c([O-])c(C(C)(C)C)c2)=CC(=O)C1=O. The molecule has 0 unspecified atom stereocenters. The number of hydrogen-bond acceptors (Lipinski definition) is 4. The Labute approximate surface area is 216 Å². The largest absolute Gasteiger partial charge is 0.873 e. The molecule has 3 aliphatic rings. The van der Waals surface area contributed by atoms with Crippen molar-refractivity contribution >= 4 is 17.1 Å². The number of carbonyl (C=O) groups excluding carboxylic acids is 2. The average molecular weight is 489 g/mol. The molecule has 0 radical (unpaired) electrons. The van der Waals surface area contributed by atoms with Crippen molar-refractivity contribution in [3.63, 3.8) is 0 Å². The van der Waals surface area contributed by atoms with Crippen LogP contribution in [0.3, 0.4) is 0 Å². The fraction of sp³-hybridized carbons (Fsp3) is 0.562. The lowest BCUT2D eigenvalue weighted by atomic mass is 9.73. The highest BCUT2D eigenvalue weighted by Crippen LogP contribution is 2.49. The van der Waals surface area contributed by atoms with Gasteiger partial charge in [0.1, 0.15) is 0 Å². The zero-order chi connectivity index (χ0) is 26.4. The summed E-state index contributed by atoms with van der Waals surface area (Å²) < 4.78 is 0. The normalized spacial score (nSPS) is 23.6. The zero-order valence-corrected chi connectivity index (χ0v) is 22.8. The van der Waals surface area contributed by atoms with Gasteiger partial charge in [-0.25, -0.2) is 0 Å². The maximum Gasteiger partial charge on any atom is 0.229 e.